The van der Waals surface area contributed by atoms with Gasteiger partial charge in [0, 0.05) is 60.5 Å². The molecule has 2 aromatic rings. The summed E-state index contributed by atoms with van der Waals surface area (Å²) in [5.41, 5.74) is 5.38. The van der Waals surface area contributed by atoms with E-state index >= 15 is 0 Å². The molecule has 0 saturated carbocycles. The van der Waals surface area contributed by atoms with Crippen molar-refractivity contribution in [2.75, 3.05) is 48.9 Å². The van der Waals surface area contributed by atoms with E-state index in [-0.39, 0.29) is 22.4 Å². The highest BCUT2D eigenvalue weighted by Crippen LogP contribution is 2.24. The quantitative estimate of drug-likeness (QED) is 0.240. The average molecular weight is 413 g/mol. The number of nitrogens with one attached hydrogen (secondary N) is 3. The molecule has 4 N–H and O–H groups in total. The summed E-state index contributed by atoms with van der Waals surface area (Å²) in [5, 5.41) is 12.1. The van der Waals surface area contributed by atoms with E-state index in [0.29, 0.717) is 6.29 Å². The molecule has 1 heterocycles. The van der Waals surface area contributed by atoms with Gasteiger partial charge in [0.1, 0.15) is 0 Å². The van der Waals surface area contributed by atoms with Crippen molar-refractivity contribution < 1.29 is 19.3 Å². The Hall–Kier alpha value is -3.43. The first-order valence-electron chi connectivity index (χ1n) is 9.46. The fourth-order valence-electron chi connectivity index (χ4n) is 3.27. The van der Waals surface area contributed by atoms with Crippen molar-refractivity contribution in [1.29, 1.82) is 0 Å². The Balaban J connectivity index is 1.79. The van der Waals surface area contributed by atoms with Crippen molar-refractivity contribution >= 4 is 34.8 Å². The van der Waals surface area contributed by atoms with Gasteiger partial charge >= 0.3 is 0 Å². The van der Waals surface area contributed by atoms with Gasteiger partial charge in [0.2, 0.25) is 0 Å². The van der Waals surface area contributed by atoms with Crippen LogP contribution in [0.4, 0.5) is 21.5 Å². The second-order valence-corrected chi connectivity index (χ2v) is 6.99. The Morgan fingerprint density at radius 1 is 1.03 bits per heavy atom. The van der Waals surface area contributed by atoms with Gasteiger partial charge in [-0.25, -0.2) is 0 Å². The number of likely N-dealkylation sites (N-methyl/N-ethyl adjacent to an activating group) is 1. The summed E-state index contributed by atoms with van der Waals surface area (Å²) in [6.07, 6.45) is 1.99. The fourth-order valence-corrected chi connectivity index (χ4v) is 3.27. The molecule has 3 rings (SSSR count). The highest BCUT2D eigenvalue weighted by molar-refractivity contribution is 6.12. The van der Waals surface area contributed by atoms with Crippen LogP contribution in [0.25, 0.3) is 5.57 Å². The lowest BCUT2D eigenvalue weighted by Gasteiger charge is -2.34. The molecule has 2 aromatic carbocycles. The number of aldehydes is 1. The van der Waals surface area contributed by atoms with Gasteiger partial charge in [-0.05, 0) is 49.5 Å². The van der Waals surface area contributed by atoms with Crippen molar-refractivity contribution in [1.82, 2.24) is 10.4 Å². The lowest BCUT2D eigenvalue weighted by Crippen LogP contribution is -2.44. The van der Waals surface area contributed by atoms with Gasteiger partial charge in [-0.3, -0.25) is 20.3 Å². The minimum Gasteiger partial charge on any atom is -0.369 e. The number of carbonyl (C=O) groups is 2. The number of benzene rings is 2. The highest BCUT2D eigenvalue weighted by Gasteiger charge is 2.16. The zero-order valence-corrected chi connectivity index (χ0v) is 16.6. The first-order chi connectivity index (χ1) is 14.5. The van der Waals surface area contributed by atoms with E-state index in [9.17, 15) is 14.1 Å². The molecule has 9 heteroatoms. The van der Waals surface area contributed by atoms with E-state index in [0.717, 1.165) is 43.1 Å². The minimum absolute atomic E-state index is 0.0398. The van der Waals surface area contributed by atoms with Crippen LogP contribution in [0.15, 0.2) is 48.7 Å². The second-order valence-electron chi connectivity index (χ2n) is 6.99. The standard InChI is InChI=1S/C21H24FN5O3/c1-26-8-10-27(11-9-26)18-5-2-16(3-6-18)23-13-15(14-28)20-12-17(25-30)4-7-19(20)21(29)24-22/h2-7,12-14,23,25,30H,8-11H2,1H3,(H,24,29)/b15-13+. The maximum absolute atomic E-state index is 12.7. The number of allylic oxidation sites excluding steroid dienone is 1. The topological polar surface area (TPSA) is 96.9 Å². The molecule has 158 valence electrons. The smallest absolute Gasteiger partial charge is 0.279 e. The third-order valence-corrected chi connectivity index (χ3v) is 5.05. The van der Waals surface area contributed by atoms with Gasteiger partial charge in [-0.1, -0.05) is 4.48 Å². The number of anilines is 3. The predicted molar refractivity (Wildman–Crippen MR) is 114 cm³/mol. The summed E-state index contributed by atoms with van der Waals surface area (Å²) in [6.45, 7) is 3.96. The number of rotatable bonds is 7. The molecule has 1 amide bonds. The van der Waals surface area contributed by atoms with Crippen LogP contribution >= 0.6 is 0 Å². The van der Waals surface area contributed by atoms with Crippen molar-refractivity contribution in [3.63, 3.8) is 0 Å². The normalized spacial score (nSPS) is 14.9. The maximum Gasteiger partial charge on any atom is 0.279 e. The minimum atomic E-state index is -0.987. The Kier molecular flexibility index (Phi) is 6.99. The number of halogens is 1. The SMILES string of the molecule is CN1CCN(c2ccc(N/C=C(\C=O)c3cc(NO)ccc3C(=O)NF)cc2)CC1. The molecule has 1 aliphatic rings. The second kappa shape index (κ2) is 9.86. The number of hydrogen-bond acceptors (Lipinski definition) is 7. The predicted octanol–water partition coefficient (Wildman–Crippen LogP) is 2.51. The first kappa shape index (κ1) is 21.3. The van der Waals surface area contributed by atoms with E-state index in [2.05, 4.69) is 22.2 Å². The molecule has 8 nitrogen and oxygen atoms in total. The van der Waals surface area contributed by atoms with Gasteiger partial charge in [0.05, 0.1) is 5.69 Å². The number of amides is 1. The maximum atomic E-state index is 12.7. The van der Waals surface area contributed by atoms with Crippen LogP contribution in [0.1, 0.15) is 15.9 Å². The molecule has 0 spiro atoms. The van der Waals surface area contributed by atoms with Crippen LogP contribution in [0.5, 0.6) is 0 Å². The molecule has 0 aromatic heterocycles. The highest BCUT2D eigenvalue weighted by atomic mass is 19.2. The van der Waals surface area contributed by atoms with Crippen molar-refractivity contribution in [3.05, 3.63) is 59.8 Å². The molecule has 0 radical (unpaired) electrons. The summed E-state index contributed by atoms with van der Waals surface area (Å²) in [4.78, 5) is 28.0. The zero-order valence-electron chi connectivity index (χ0n) is 16.6. The van der Waals surface area contributed by atoms with Crippen molar-refractivity contribution in [2.45, 2.75) is 0 Å². The molecule has 1 aliphatic heterocycles. The number of nitrogens with zero attached hydrogens (tertiary/aromatic N) is 2. The Labute approximate surface area is 173 Å². The van der Waals surface area contributed by atoms with Crippen LogP contribution in [-0.4, -0.2) is 55.5 Å². The van der Waals surface area contributed by atoms with E-state index < -0.39 is 5.91 Å². The van der Waals surface area contributed by atoms with E-state index in [1.54, 1.807) is 0 Å². The lowest BCUT2D eigenvalue weighted by atomic mass is 9.99. The molecule has 0 aliphatic carbocycles. The Morgan fingerprint density at radius 2 is 1.70 bits per heavy atom. The third kappa shape index (κ3) is 4.94. The van der Waals surface area contributed by atoms with E-state index in [1.807, 2.05) is 29.7 Å². The summed E-state index contributed by atoms with van der Waals surface area (Å²) in [5.74, 6) is -0.987. The van der Waals surface area contributed by atoms with Crippen LogP contribution in [-0.2, 0) is 4.79 Å². The summed E-state index contributed by atoms with van der Waals surface area (Å²) < 4.78 is 12.7. The largest absolute Gasteiger partial charge is 0.369 e. The molecular weight excluding hydrogens is 389 g/mol. The molecule has 0 unspecified atom stereocenters. The first-order valence-corrected chi connectivity index (χ1v) is 9.46. The van der Waals surface area contributed by atoms with E-state index in [4.69, 9.17) is 5.21 Å². The molecular formula is C21H24FN5O3. The Bertz CT molecular complexity index is 925. The number of hydrogen-bond donors (Lipinski definition) is 4. The van der Waals surface area contributed by atoms with Gasteiger partial charge in [0.15, 0.2) is 6.29 Å². The Morgan fingerprint density at radius 3 is 2.30 bits per heavy atom. The van der Waals surface area contributed by atoms with Crippen LogP contribution in [0, 0.1) is 0 Å². The van der Waals surface area contributed by atoms with E-state index in [1.165, 1.54) is 24.4 Å². The number of piperazine rings is 1. The van der Waals surface area contributed by atoms with Crippen molar-refractivity contribution in [2.24, 2.45) is 0 Å². The van der Waals surface area contributed by atoms with Gasteiger partial charge in [-0.15, -0.1) is 0 Å². The van der Waals surface area contributed by atoms with Gasteiger partial charge in [-0.2, -0.15) is 5.54 Å². The molecule has 30 heavy (non-hydrogen) atoms. The third-order valence-electron chi connectivity index (χ3n) is 5.05. The van der Waals surface area contributed by atoms with Crippen LogP contribution in [0.3, 0.4) is 0 Å². The van der Waals surface area contributed by atoms with Crippen LogP contribution < -0.4 is 21.2 Å². The average Bonchev–Trinajstić information content (AvgIpc) is 2.79. The molecule has 1 saturated heterocycles. The molecule has 0 bridgehead atoms. The fraction of sp³-hybridized carbons (Fsp3) is 0.238. The summed E-state index contributed by atoms with van der Waals surface area (Å²) >= 11 is 0. The molecule has 0 atom stereocenters. The summed E-state index contributed by atoms with van der Waals surface area (Å²) in [7, 11) is 2.11. The lowest BCUT2D eigenvalue weighted by molar-refractivity contribution is -0.103. The van der Waals surface area contributed by atoms with Crippen LogP contribution in [0.2, 0.25) is 0 Å². The summed E-state index contributed by atoms with van der Waals surface area (Å²) in [6, 6.07) is 11.9. The van der Waals surface area contributed by atoms with Gasteiger partial charge < -0.3 is 15.1 Å². The van der Waals surface area contributed by atoms with Gasteiger partial charge in [0.25, 0.3) is 5.91 Å². The van der Waals surface area contributed by atoms with Crippen molar-refractivity contribution in [3.8, 4) is 0 Å². The molecule has 1 fully saturated rings. The zero-order chi connectivity index (χ0) is 21.5. The number of carbonyl (C=O) groups excluding carboxylic acids is 2. The monoisotopic (exact) mass is 413 g/mol.